The van der Waals surface area contributed by atoms with Gasteiger partial charge < -0.3 is 25.2 Å². The molecule has 0 aliphatic rings. The number of benzene rings is 3. The fraction of sp³-hybridized carbons (Fsp3) is 0.216. The zero-order valence-corrected chi connectivity index (χ0v) is 28.6. The van der Waals surface area contributed by atoms with E-state index in [0.717, 1.165) is 34.5 Å². The summed E-state index contributed by atoms with van der Waals surface area (Å²) in [5, 5.41) is 20.5. The van der Waals surface area contributed by atoms with E-state index in [1.54, 1.807) is 38.6 Å². The van der Waals surface area contributed by atoms with Crippen molar-refractivity contribution in [2.45, 2.75) is 39.4 Å². The van der Waals surface area contributed by atoms with Crippen LogP contribution in [0.3, 0.4) is 0 Å². The van der Waals surface area contributed by atoms with Crippen molar-refractivity contribution >= 4 is 28.4 Å². The molecule has 0 aliphatic heterocycles. The van der Waals surface area contributed by atoms with E-state index in [9.17, 15) is 23.9 Å². The molecule has 52 heavy (non-hydrogen) atoms. The van der Waals surface area contributed by atoms with Crippen molar-refractivity contribution in [2.75, 3.05) is 24.4 Å². The highest BCUT2D eigenvalue weighted by Crippen LogP contribution is 2.36. The van der Waals surface area contributed by atoms with Crippen LogP contribution < -0.4 is 31.4 Å². The Kier molecular flexibility index (Phi) is 10.1. The third-order valence-electron chi connectivity index (χ3n) is 8.15. The van der Waals surface area contributed by atoms with Crippen molar-refractivity contribution in [3.8, 4) is 22.9 Å². The van der Waals surface area contributed by atoms with Gasteiger partial charge in [0.1, 0.15) is 28.3 Å². The van der Waals surface area contributed by atoms with E-state index in [1.807, 2.05) is 24.3 Å². The summed E-state index contributed by atoms with van der Waals surface area (Å²) in [5.74, 6) is -1.16. The van der Waals surface area contributed by atoms with Gasteiger partial charge in [-0.15, -0.1) is 0 Å². The van der Waals surface area contributed by atoms with E-state index in [0.29, 0.717) is 29.1 Å². The van der Waals surface area contributed by atoms with Crippen LogP contribution in [0.2, 0.25) is 0 Å². The molecule has 0 spiro atoms. The first kappa shape index (κ1) is 35.5. The first-order valence-corrected chi connectivity index (χ1v) is 16.3. The van der Waals surface area contributed by atoms with Crippen LogP contribution in [0.25, 0.3) is 16.7 Å². The summed E-state index contributed by atoms with van der Waals surface area (Å²) >= 11 is 0. The van der Waals surface area contributed by atoms with Crippen LogP contribution in [0.15, 0.2) is 94.8 Å². The number of nitrogens with one attached hydrogen (secondary N) is 2. The van der Waals surface area contributed by atoms with Crippen molar-refractivity contribution in [1.82, 2.24) is 23.9 Å². The van der Waals surface area contributed by atoms with Gasteiger partial charge in [0.2, 0.25) is 0 Å². The van der Waals surface area contributed by atoms with Gasteiger partial charge >= 0.3 is 5.69 Å². The molecule has 0 fully saturated rings. The molecule has 0 saturated heterocycles. The monoisotopic (exact) mass is 711 g/mol. The Balaban J connectivity index is 1.30. The number of halogens is 2. The molecule has 6 rings (SSSR count). The van der Waals surface area contributed by atoms with Gasteiger partial charge in [0.25, 0.3) is 11.5 Å². The van der Waals surface area contributed by atoms with Crippen molar-refractivity contribution in [2.24, 2.45) is 0 Å². The van der Waals surface area contributed by atoms with Crippen LogP contribution >= 0.6 is 0 Å². The van der Waals surface area contributed by atoms with Gasteiger partial charge in [0, 0.05) is 42.3 Å². The number of fused-ring (bicyclic) bond motifs is 1. The van der Waals surface area contributed by atoms with Gasteiger partial charge in [0.05, 0.1) is 25.9 Å². The van der Waals surface area contributed by atoms with E-state index in [-0.39, 0.29) is 41.1 Å². The van der Waals surface area contributed by atoms with Gasteiger partial charge in [-0.05, 0) is 74.9 Å². The lowest BCUT2D eigenvalue weighted by Crippen LogP contribution is -2.42. The number of nitrogens with zero attached hydrogens (tertiary/aromatic N) is 5. The Morgan fingerprint density at radius 3 is 2.35 bits per heavy atom. The summed E-state index contributed by atoms with van der Waals surface area (Å²) in [4.78, 5) is 44.5. The van der Waals surface area contributed by atoms with Crippen LogP contribution in [0, 0.1) is 11.6 Å². The Morgan fingerprint density at radius 2 is 1.69 bits per heavy atom. The molecule has 3 aromatic carbocycles. The van der Waals surface area contributed by atoms with Crippen LogP contribution in [0.5, 0.6) is 17.2 Å². The molecular weight excluding hydrogens is 676 g/mol. The van der Waals surface area contributed by atoms with Gasteiger partial charge in [0.15, 0.2) is 23.0 Å². The number of hydrogen-bond donors (Lipinski definition) is 3. The number of carbonyl (C=O) groups is 1. The lowest BCUT2D eigenvalue weighted by Gasteiger charge is -2.16. The topological polar surface area (TPSA) is 155 Å². The number of amides is 1. The Morgan fingerprint density at radius 1 is 0.962 bits per heavy atom. The minimum Gasteiger partial charge on any atom is -0.497 e. The Hall–Kier alpha value is -6.35. The minimum absolute atomic E-state index is 0.0104. The second kappa shape index (κ2) is 14.9. The quantitative estimate of drug-likeness (QED) is 0.149. The molecule has 3 aromatic heterocycles. The molecule has 1 unspecified atom stereocenters. The Bertz CT molecular complexity index is 2370. The highest BCUT2D eigenvalue weighted by atomic mass is 19.1. The molecule has 0 saturated carbocycles. The summed E-state index contributed by atoms with van der Waals surface area (Å²) in [5.41, 5.74) is -0.580. The van der Waals surface area contributed by atoms with E-state index >= 15 is 4.39 Å². The predicted octanol–water partition coefficient (Wildman–Crippen LogP) is 5.50. The van der Waals surface area contributed by atoms with Crippen LogP contribution in [-0.2, 0) is 6.54 Å². The fourth-order valence-electron chi connectivity index (χ4n) is 5.44. The van der Waals surface area contributed by atoms with Crippen LogP contribution in [0.1, 0.15) is 42.7 Å². The Labute approximate surface area is 295 Å². The smallest absolute Gasteiger partial charge is 0.335 e. The third-order valence-corrected chi connectivity index (χ3v) is 8.15. The second-order valence-electron chi connectivity index (χ2n) is 12.2. The van der Waals surface area contributed by atoms with E-state index in [4.69, 9.17) is 9.47 Å². The number of hydrogen-bond acceptors (Lipinski definition) is 9. The maximum atomic E-state index is 15.6. The number of rotatable bonds is 12. The zero-order chi connectivity index (χ0) is 37.1. The summed E-state index contributed by atoms with van der Waals surface area (Å²) < 4.78 is 44.2. The van der Waals surface area contributed by atoms with Gasteiger partial charge in [-0.1, -0.05) is 12.1 Å². The number of methoxy groups -OCH3 is 1. The summed E-state index contributed by atoms with van der Waals surface area (Å²) in [7, 11) is 1.58. The van der Waals surface area contributed by atoms with Crippen molar-refractivity contribution < 1.29 is 28.2 Å². The first-order valence-electron chi connectivity index (χ1n) is 16.3. The molecule has 0 bridgehead atoms. The van der Waals surface area contributed by atoms with Crippen LogP contribution in [-0.4, -0.2) is 54.7 Å². The average Bonchev–Trinajstić information content (AvgIpc) is 3.47. The number of aromatic nitrogens is 5. The summed E-state index contributed by atoms with van der Waals surface area (Å²) in [6.07, 6.45) is 2.65. The van der Waals surface area contributed by atoms with Gasteiger partial charge in [-0.25, -0.2) is 27.8 Å². The number of aliphatic hydroxyl groups is 1. The zero-order valence-electron chi connectivity index (χ0n) is 28.6. The molecule has 15 heteroatoms. The molecular formula is C37H35F2N7O6. The summed E-state index contributed by atoms with van der Waals surface area (Å²) in [6.45, 7) is 5.34. The first-order chi connectivity index (χ1) is 25.0. The molecule has 3 heterocycles. The van der Waals surface area contributed by atoms with E-state index in [1.165, 1.54) is 35.0 Å². The standard InChI is InChI=1S/C37H35F2N7O6/c1-21(2)44-19-28(36(49)46(37(44)50)26-10-7-24(38)8-11-26)35(48)42-25-9-14-30(29(39)17-25)52-31-15-16-40-34-32(31)33(41-22(3)20-47)43-45(34)18-23-5-12-27(51-4)13-6-23/h5-17,19,21-22,47H,18,20H2,1-4H3,(H,41,43)(H,42,48). The maximum absolute atomic E-state index is 15.6. The molecule has 13 nitrogen and oxygen atoms in total. The number of carbonyl (C=O) groups excluding carboxylic acids is 1. The highest BCUT2D eigenvalue weighted by Gasteiger charge is 2.22. The number of ether oxygens (including phenoxy) is 2. The summed E-state index contributed by atoms with van der Waals surface area (Å²) in [6, 6.07) is 16.7. The lowest BCUT2D eigenvalue weighted by molar-refractivity contribution is 0.102. The van der Waals surface area contributed by atoms with Crippen LogP contribution in [0.4, 0.5) is 20.3 Å². The number of anilines is 2. The van der Waals surface area contributed by atoms with Gasteiger partial charge in [-0.2, -0.15) is 5.10 Å². The fourth-order valence-corrected chi connectivity index (χ4v) is 5.44. The predicted molar refractivity (Wildman–Crippen MR) is 191 cm³/mol. The number of aliphatic hydroxyl groups excluding tert-OH is 1. The molecule has 0 radical (unpaired) electrons. The molecule has 268 valence electrons. The highest BCUT2D eigenvalue weighted by molar-refractivity contribution is 6.04. The SMILES string of the molecule is COc1ccc(Cn2nc(NC(C)CO)c3c(Oc4ccc(NC(=O)c5cn(C(C)C)c(=O)n(-c6ccc(F)cc6)c5=O)cc4F)ccnc32)cc1. The van der Waals surface area contributed by atoms with E-state index in [2.05, 4.69) is 20.7 Å². The van der Waals surface area contributed by atoms with E-state index < -0.39 is 34.8 Å². The molecule has 0 aliphatic carbocycles. The second-order valence-corrected chi connectivity index (χ2v) is 12.2. The number of pyridine rings is 1. The van der Waals surface area contributed by atoms with Crippen molar-refractivity contribution in [1.29, 1.82) is 0 Å². The van der Waals surface area contributed by atoms with Crippen molar-refractivity contribution in [3.63, 3.8) is 0 Å². The normalized spacial score (nSPS) is 11.8. The third kappa shape index (κ3) is 7.25. The van der Waals surface area contributed by atoms with Crippen molar-refractivity contribution in [3.05, 3.63) is 129 Å². The maximum Gasteiger partial charge on any atom is 0.335 e. The largest absolute Gasteiger partial charge is 0.497 e. The lowest BCUT2D eigenvalue weighted by atomic mass is 10.2. The molecule has 1 amide bonds. The average molecular weight is 712 g/mol. The van der Waals surface area contributed by atoms with Gasteiger partial charge in [-0.3, -0.25) is 14.2 Å². The molecule has 1 atom stereocenters. The molecule has 6 aromatic rings. The molecule has 3 N–H and O–H groups in total. The minimum atomic E-state index is -0.930.